The van der Waals surface area contributed by atoms with E-state index in [-0.39, 0.29) is 35.1 Å². The Balaban J connectivity index is 0.00000106. The monoisotopic (exact) mass is 563 g/mol. The zero-order valence-corrected chi connectivity index (χ0v) is 24.8. The van der Waals surface area contributed by atoms with Gasteiger partial charge in [-0.25, -0.2) is 4.79 Å². The summed E-state index contributed by atoms with van der Waals surface area (Å²) >= 11 is -0.417. The molecule has 0 aliphatic rings. The van der Waals surface area contributed by atoms with Gasteiger partial charge < -0.3 is 24.1 Å². The van der Waals surface area contributed by atoms with E-state index in [4.69, 9.17) is 14.1 Å². The summed E-state index contributed by atoms with van der Waals surface area (Å²) in [6.45, 7) is 1.82. The van der Waals surface area contributed by atoms with Crippen molar-refractivity contribution in [1.82, 2.24) is 0 Å². The molecule has 0 bridgehead atoms. The fraction of sp³-hybridized carbons (Fsp3) is 0.0938. The molecule has 0 fully saturated rings. The molecule has 5 aromatic carbocycles. The van der Waals surface area contributed by atoms with E-state index in [0.717, 1.165) is 16.6 Å². The fourth-order valence-corrected chi connectivity index (χ4v) is 4.44. The van der Waals surface area contributed by atoms with E-state index in [1.54, 1.807) is 6.07 Å². The Morgan fingerprint density at radius 1 is 0.700 bits per heavy atom. The van der Waals surface area contributed by atoms with Gasteiger partial charge in [-0.2, -0.15) is 0 Å². The number of hydrogen-bond acceptors (Lipinski definition) is 5. The standard InChI is InChI=1S/C32H27NO3.ClO2.Na/c34-32(35)29-18-19-31(30-20-27(16-17-28(29)30)36-23-26-14-8-3-9-15-26)33(21-24-10-4-1-5-11-24)22-25-12-6-2-7-13-25;2-1-3;/h1-20H,21-23H2,(H,34,35);;/q;-1;+1. The van der Waals surface area contributed by atoms with E-state index >= 15 is 0 Å². The molecular weight excluding hydrogens is 537 g/mol. The van der Waals surface area contributed by atoms with Crippen LogP contribution in [0.4, 0.5) is 5.69 Å². The molecule has 0 saturated carbocycles. The molecule has 5 rings (SSSR count). The number of anilines is 1. The van der Waals surface area contributed by atoms with Crippen molar-refractivity contribution in [2.75, 3.05) is 4.90 Å². The summed E-state index contributed by atoms with van der Waals surface area (Å²) in [5.41, 5.74) is 4.68. The topological polar surface area (TPSA) is 95.9 Å². The van der Waals surface area contributed by atoms with E-state index in [9.17, 15) is 9.90 Å². The first-order valence-corrected chi connectivity index (χ1v) is 12.9. The molecule has 40 heavy (non-hydrogen) atoms. The summed E-state index contributed by atoms with van der Waals surface area (Å²) in [6, 6.07) is 39.9. The van der Waals surface area contributed by atoms with Gasteiger partial charge in [0.1, 0.15) is 12.4 Å². The van der Waals surface area contributed by atoms with Crippen LogP contribution in [-0.2, 0) is 19.7 Å². The Bertz CT molecular complexity index is 1450. The molecule has 1 N–H and O–H groups in total. The Hall–Kier alpha value is -3.36. The third-order valence-corrected chi connectivity index (χ3v) is 6.22. The summed E-state index contributed by atoms with van der Waals surface area (Å²) < 4.78 is 22.6. The van der Waals surface area contributed by atoms with Crippen molar-refractivity contribution in [2.24, 2.45) is 0 Å². The number of carboxylic acid groups (broad SMARTS) is 1. The number of aromatic carboxylic acids is 1. The van der Waals surface area contributed by atoms with Gasteiger partial charge in [-0.1, -0.05) is 91.0 Å². The molecule has 0 radical (unpaired) electrons. The second-order valence-electron chi connectivity index (χ2n) is 8.81. The van der Waals surface area contributed by atoms with E-state index in [1.807, 2.05) is 91.0 Å². The van der Waals surface area contributed by atoms with Crippen molar-refractivity contribution in [3.8, 4) is 5.75 Å². The maximum absolute atomic E-state index is 12.0. The van der Waals surface area contributed by atoms with Crippen LogP contribution in [0.15, 0.2) is 121 Å². The van der Waals surface area contributed by atoms with Crippen molar-refractivity contribution in [3.63, 3.8) is 0 Å². The average molecular weight is 564 g/mol. The van der Waals surface area contributed by atoms with Crippen molar-refractivity contribution < 1.29 is 64.8 Å². The molecule has 0 aromatic heterocycles. The summed E-state index contributed by atoms with van der Waals surface area (Å²) in [6.07, 6.45) is 0. The molecule has 0 aliphatic carbocycles. The van der Waals surface area contributed by atoms with Gasteiger partial charge in [-0.3, -0.25) is 0 Å². The Labute approximate surface area is 259 Å². The van der Waals surface area contributed by atoms with Gasteiger partial charge in [-0.15, -0.1) is 0 Å². The van der Waals surface area contributed by atoms with Crippen LogP contribution in [0.3, 0.4) is 0 Å². The molecule has 5 aromatic rings. The van der Waals surface area contributed by atoms with Crippen LogP contribution >= 0.6 is 0 Å². The molecule has 0 saturated heterocycles. The maximum Gasteiger partial charge on any atom is 1.00 e. The molecule has 0 heterocycles. The number of halogens is 1. The molecule has 0 unspecified atom stereocenters. The molecule has 0 atom stereocenters. The van der Waals surface area contributed by atoms with Crippen molar-refractivity contribution in [2.45, 2.75) is 19.7 Å². The van der Waals surface area contributed by atoms with Crippen molar-refractivity contribution >= 4 is 22.4 Å². The Kier molecular flexibility index (Phi) is 12.5. The van der Waals surface area contributed by atoms with Gasteiger partial charge in [0.15, 0.2) is 0 Å². The van der Waals surface area contributed by atoms with Crippen molar-refractivity contribution in [3.05, 3.63) is 144 Å². The average Bonchev–Trinajstić information content (AvgIpc) is 2.97. The number of benzene rings is 5. The molecule has 0 spiro atoms. The predicted octanol–water partition coefficient (Wildman–Crippen LogP) is 1.95. The van der Waals surface area contributed by atoms with Crippen LogP contribution < -0.4 is 48.5 Å². The Morgan fingerprint density at radius 3 is 1.70 bits per heavy atom. The second-order valence-corrected chi connectivity index (χ2v) is 8.94. The normalized spacial score (nSPS) is 10.2. The first kappa shape index (κ1) is 31.2. The first-order chi connectivity index (χ1) is 19.1. The largest absolute Gasteiger partial charge is 1.00 e. The van der Waals surface area contributed by atoms with Crippen LogP contribution in [0.2, 0.25) is 0 Å². The summed E-state index contributed by atoms with van der Waals surface area (Å²) in [5, 5.41) is 11.4. The van der Waals surface area contributed by atoms with Gasteiger partial charge >= 0.3 is 35.5 Å². The molecule has 0 aliphatic heterocycles. The Morgan fingerprint density at radius 2 is 1.20 bits per heavy atom. The molecule has 0 amide bonds. The first-order valence-electron chi connectivity index (χ1n) is 12.3. The minimum absolute atomic E-state index is 0. The minimum Gasteiger partial charge on any atom is -0.544 e. The van der Waals surface area contributed by atoms with E-state index in [1.165, 1.54) is 11.1 Å². The number of hydrogen-bond donors (Lipinski definition) is 1. The zero-order valence-electron chi connectivity index (χ0n) is 22.1. The van der Waals surface area contributed by atoms with Crippen LogP contribution in [-0.4, -0.2) is 11.1 Å². The van der Waals surface area contributed by atoms with E-state index < -0.39 is 17.3 Å². The smallest absolute Gasteiger partial charge is 0.544 e. The van der Waals surface area contributed by atoms with Crippen LogP contribution in [0.5, 0.6) is 5.75 Å². The quantitative estimate of drug-likeness (QED) is 0.276. The SMILES string of the molecule is O=C(O)c1ccc(N(Cc2ccccc2)Cc2ccccc2)c2cc(OCc3ccccc3)ccc12.[Na+].[O-][Cl+][O-]. The van der Waals surface area contributed by atoms with Crippen molar-refractivity contribution in [1.29, 1.82) is 0 Å². The summed E-state index contributed by atoms with van der Waals surface area (Å²) in [4.78, 5) is 14.3. The number of carbonyl (C=O) groups is 1. The number of fused-ring (bicyclic) bond motifs is 1. The van der Waals surface area contributed by atoms with E-state index in [2.05, 4.69) is 29.2 Å². The van der Waals surface area contributed by atoms with Gasteiger partial charge in [0, 0.05) is 24.2 Å². The number of rotatable bonds is 9. The third-order valence-electron chi connectivity index (χ3n) is 6.22. The van der Waals surface area contributed by atoms with E-state index in [0.29, 0.717) is 30.8 Å². The molecule has 198 valence electrons. The second kappa shape index (κ2) is 16.0. The molecular formula is C32H27ClNNaO5. The van der Waals surface area contributed by atoms with Crippen LogP contribution in [0.1, 0.15) is 27.0 Å². The predicted molar refractivity (Wildman–Crippen MR) is 144 cm³/mol. The van der Waals surface area contributed by atoms with Crippen LogP contribution in [0.25, 0.3) is 10.8 Å². The summed E-state index contributed by atoms with van der Waals surface area (Å²) in [5.74, 6) is -0.239. The number of carboxylic acids is 1. The molecule has 8 heteroatoms. The zero-order chi connectivity index (χ0) is 27.5. The van der Waals surface area contributed by atoms with Gasteiger partial charge in [0.05, 0.1) is 16.9 Å². The van der Waals surface area contributed by atoms with Gasteiger partial charge in [0.2, 0.25) is 0 Å². The number of nitrogens with zero attached hydrogens (tertiary/aromatic N) is 1. The molecule has 6 nitrogen and oxygen atoms in total. The fourth-order valence-electron chi connectivity index (χ4n) is 4.44. The van der Waals surface area contributed by atoms with Crippen LogP contribution in [0, 0.1) is 11.3 Å². The third kappa shape index (κ3) is 8.57. The maximum atomic E-state index is 12.0. The van der Waals surface area contributed by atoms with Gasteiger partial charge in [0.25, 0.3) is 0 Å². The number of ether oxygens (including phenoxy) is 1. The summed E-state index contributed by atoms with van der Waals surface area (Å²) in [7, 11) is 0. The minimum atomic E-state index is -0.942. The van der Waals surface area contributed by atoms with Gasteiger partial charge in [-0.05, 0) is 52.4 Å².